The van der Waals surface area contributed by atoms with Gasteiger partial charge < -0.3 is 15.4 Å². The lowest BCUT2D eigenvalue weighted by Crippen LogP contribution is -2.41. The average molecular weight is 280 g/mol. The Morgan fingerprint density at radius 2 is 1.90 bits per heavy atom. The van der Waals surface area contributed by atoms with E-state index in [-0.39, 0.29) is 17.5 Å². The van der Waals surface area contributed by atoms with Gasteiger partial charge in [-0.1, -0.05) is 0 Å². The van der Waals surface area contributed by atoms with Gasteiger partial charge in [-0.15, -0.1) is 0 Å². The molecular weight excluding hydrogens is 259 g/mol. The molecule has 0 saturated heterocycles. The fourth-order valence-electron chi connectivity index (χ4n) is 2.60. The minimum Gasteiger partial charge on any atom is -0.497 e. The number of halogens is 1. The molecule has 110 valence electrons. The summed E-state index contributed by atoms with van der Waals surface area (Å²) in [6.45, 7) is 0. The number of methoxy groups -OCH3 is 1. The van der Waals surface area contributed by atoms with E-state index in [1.807, 2.05) is 7.05 Å². The molecule has 0 heterocycles. The van der Waals surface area contributed by atoms with Crippen molar-refractivity contribution in [3.8, 4) is 5.75 Å². The second-order valence-corrected chi connectivity index (χ2v) is 5.16. The van der Waals surface area contributed by atoms with Crippen LogP contribution in [0, 0.1) is 5.82 Å². The van der Waals surface area contributed by atoms with Gasteiger partial charge in [0.15, 0.2) is 0 Å². The number of nitrogens with one attached hydrogen (secondary N) is 2. The summed E-state index contributed by atoms with van der Waals surface area (Å²) in [6.07, 6.45) is 3.92. The Morgan fingerprint density at radius 1 is 1.25 bits per heavy atom. The molecular formula is C15H21FN2O2. The smallest absolute Gasteiger partial charge is 0.254 e. The third kappa shape index (κ3) is 3.48. The van der Waals surface area contributed by atoms with Gasteiger partial charge in [0.1, 0.15) is 11.6 Å². The zero-order valence-electron chi connectivity index (χ0n) is 11.9. The van der Waals surface area contributed by atoms with E-state index in [1.54, 1.807) is 6.07 Å². The number of benzene rings is 1. The SMILES string of the molecule is CNC1CCC(NC(=O)c2ccc(OC)cc2F)CC1. The number of amides is 1. The van der Waals surface area contributed by atoms with Crippen molar-refractivity contribution < 1.29 is 13.9 Å². The van der Waals surface area contributed by atoms with E-state index in [9.17, 15) is 9.18 Å². The Bertz CT molecular complexity index is 471. The van der Waals surface area contributed by atoms with Crippen molar-refractivity contribution in [3.63, 3.8) is 0 Å². The maximum atomic E-state index is 13.8. The molecule has 2 N–H and O–H groups in total. The Balaban J connectivity index is 1.95. The largest absolute Gasteiger partial charge is 0.497 e. The highest BCUT2D eigenvalue weighted by molar-refractivity contribution is 5.94. The van der Waals surface area contributed by atoms with E-state index in [0.29, 0.717) is 11.8 Å². The normalized spacial score (nSPS) is 22.4. The van der Waals surface area contributed by atoms with Crippen LogP contribution in [0.3, 0.4) is 0 Å². The minimum atomic E-state index is -0.550. The second kappa shape index (κ2) is 6.70. The maximum absolute atomic E-state index is 13.8. The Kier molecular flexibility index (Phi) is 4.95. The number of ether oxygens (including phenoxy) is 1. The number of hydrogen-bond acceptors (Lipinski definition) is 3. The van der Waals surface area contributed by atoms with E-state index in [1.165, 1.54) is 19.2 Å². The molecule has 1 aromatic carbocycles. The monoisotopic (exact) mass is 280 g/mol. The summed E-state index contributed by atoms with van der Waals surface area (Å²) in [5.41, 5.74) is 0.0709. The van der Waals surface area contributed by atoms with E-state index < -0.39 is 5.82 Å². The predicted molar refractivity (Wildman–Crippen MR) is 75.5 cm³/mol. The van der Waals surface area contributed by atoms with E-state index in [2.05, 4.69) is 10.6 Å². The van der Waals surface area contributed by atoms with Crippen molar-refractivity contribution in [2.75, 3.05) is 14.2 Å². The van der Waals surface area contributed by atoms with Crippen LogP contribution >= 0.6 is 0 Å². The van der Waals surface area contributed by atoms with Crippen molar-refractivity contribution in [3.05, 3.63) is 29.6 Å². The lowest BCUT2D eigenvalue weighted by atomic mass is 9.91. The molecule has 1 amide bonds. The molecule has 2 rings (SSSR count). The Labute approximate surface area is 118 Å². The highest BCUT2D eigenvalue weighted by Gasteiger charge is 2.22. The summed E-state index contributed by atoms with van der Waals surface area (Å²) in [5, 5.41) is 6.16. The quantitative estimate of drug-likeness (QED) is 0.888. The van der Waals surface area contributed by atoms with Gasteiger partial charge in [0.05, 0.1) is 12.7 Å². The summed E-state index contributed by atoms with van der Waals surface area (Å²) in [5.74, 6) is -0.489. The van der Waals surface area contributed by atoms with Crippen molar-refractivity contribution in [1.82, 2.24) is 10.6 Å². The highest BCUT2D eigenvalue weighted by atomic mass is 19.1. The predicted octanol–water partition coefficient (Wildman–Crippen LogP) is 2.09. The number of hydrogen-bond donors (Lipinski definition) is 2. The van der Waals surface area contributed by atoms with E-state index in [0.717, 1.165) is 25.7 Å². The van der Waals surface area contributed by atoms with Crippen LogP contribution in [-0.2, 0) is 0 Å². The first kappa shape index (κ1) is 14.8. The highest BCUT2D eigenvalue weighted by Crippen LogP contribution is 2.20. The molecule has 1 aliphatic rings. The van der Waals surface area contributed by atoms with E-state index in [4.69, 9.17) is 4.74 Å². The first-order valence-corrected chi connectivity index (χ1v) is 6.95. The van der Waals surface area contributed by atoms with Crippen molar-refractivity contribution in [2.24, 2.45) is 0 Å². The van der Waals surface area contributed by atoms with Gasteiger partial charge in [-0.3, -0.25) is 4.79 Å². The summed E-state index contributed by atoms with van der Waals surface area (Å²) >= 11 is 0. The molecule has 1 fully saturated rings. The molecule has 5 heteroatoms. The molecule has 0 aliphatic heterocycles. The third-order valence-electron chi connectivity index (χ3n) is 3.89. The van der Waals surface area contributed by atoms with Gasteiger partial charge in [-0.2, -0.15) is 0 Å². The molecule has 1 aromatic rings. The third-order valence-corrected chi connectivity index (χ3v) is 3.89. The van der Waals surface area contributed by atoms with Crippen LogP contribution in [0.15, 0.2) is 18.2 Å². The number of carbonyl (C=O) groups is 1. The fourth-order valence-corrected chi connectivity index (χ4v) is 2.60. The maximum Gasteiger partial charge on any atom is 0.254 e. The van der Waals surface area contributed by atoms with Gasteiger partial charge in [0, 0.05) is 18.2 Å². The van der Waals surface area contributed by atoms with Crippen LogP contribution in [0.2, 0.25) is 0 Å². The van der Waals surface area contributed by atoms with Crippen LogP contribution in [-0.4, -0.2) is 32.1 Å². The zero-order chi connectivity index (χ0) is 14.5. The molecule has 0 atom stereocenters. The topological polar surface area (TPSA) is 50.4 Å². The number of rotatable bonds is 4. The van der Waals surface area contributed by atoms with Gasteiger partial charge in [0.2, 0.25) is 0 Å². The minimum absolute atomic E-state index is 0.0709. The van der Waals surface area contributed by atoms with Crippen LogP contribution in [0.25, 0.3) is 0 Å². The Hall–Kier alpha value is -1.62. The van der Waals surface area contributed by atoms with Crippen LogP contribution < -0.4 is 15.4 Å². The molecule has 0 aromatic heterocycles. The van der Waals surface area contributed by atoms with E-state index >= 15 is 0 Å². The van der Waals surface area contributed by atoms with Gasteiger partial charge in [-0.25, -0.2) is 4.39 Å². The van der Waals surface area contributed by atoms with Gasteiger partial charge in [0.25, 0.3) is 5.91 Å². The Morgan fingerprint density at radius 3 is 2.45 bits per heavy atom. The number of carbonyl (C=O) groups excluding carboxylic acids is 1. The standard InChI is InChI=1S/C15H21FN2O2/c1-17-10-3-5-11(6-4-10)18-15(19)13-8-7-12(20-2)9-14(13)16/h7-11,17H,3-6H2,1-2H3,(H,18,19). The molecule has 0 spiro atoms. The van der Waals surface area contributed by atoms with Crippen LogP contribution in [0.1, 0.15) is 36.0 Å². The molecule has 4 nitrogen and oxygen atoms in total. The lowest BCUT2D eigenvalue weighted by Gasteiger charge is -2.28. The lowest BCUT2D eigenvalue weighted by molar-refractivity contribution is 0.0920. The second-order valence-electron chi connectivity index (χ2n) is 5.16. The summed E-state index contributed by atoms with van der Waals surface area (Å²) in [7, 11) is 3.42. The molecule has 1 aliphatic carbocycles. The van der Waals surface area contributed by atoms with Gasteiger partial charge in [-0.05, 0) is 44.9 Å². The van der Waals surface area contributed by atoms with Crippen LogP contribution in [0.5, 0.6) is 5.75 Å². The average Bonchev–Trinajstić information content (AvgIpc) is 2.47. The van der Waals surface area contributed by atoms with Crippen molar-refractivity contribution >= 4 is 5.91 Å². The van der Waals surface area contributed by atoms with Crippen LogP contribution in [0.4, 0.5) is 4.39 Å². The zero-order valence-corrected chi connectivity index (χ0v) is 11.9. The molecule has 0 radical (unpaired) electrons. The first-order chi connectivity index (χ1) is 9.63. The van der Waals surface area contributed by atoms with Crippen molar-refractivity contribution in [1.29, 1.82) is 0 Å². The molecule has 0 bridgehead atoms. The summed E-state index contributed by atoms with van der Waals surface area (Å²) in [6, 6.07) is 4.94. The molecule has 20 heavy (non-hydrogen) atoms. The molecule has 0 unspecified atom stereocenters. The van der Waals surface area contributed by atoms with Crippen molar-refractivity contribution in [2.45, 2.75) is 37.8 Å². The summed E-state index contributed by atoms with van der Waals surface area (Å²) in [4.78, 5) is 12.1. The fraction of sp³-hybridized carbons (Fsp3) is 0.533. The first-order valence-electron chi connectivity index (χ1n) is 6.95. The summed E-state index contributed by atoms with van der Waals surface area (Å²) < 4.78 is 18.7. The molecule has 1 saturated carbocycles. The van der Waals surface area contributed by atoms with Gasteiger partial charge >= 0.3 is 0 Å².